The molecule has 0 heterocycles. The molecule has 1 unspecified atom stereocenters. The maximum atomic E-state index is 14.9. The molecule has 180 valence electrons. The molecule has 33 heavy (non-hydrogen) atoms. The minimum Gasteiger partial charge on any atom is -0.309 e. The van der Waals surface area contributed by atoms with Gasteiger partial charge in [-0.25, -0.2) is 4.39 Å². The minimum absolute atomic E-state index is 0.254. The lowest BCUT2D eigenvalue weighted by Gasteiger charge is -2.28. The topological polar surface area (TPSA) is 9.23 Å². The van der Waals surface area contributed by atoms with Gasteiger partial charge in [0.1, 0.15) is 5.82 Å². The van der Waals surface area contributed by atoms with Gasteiger partial charge >= 0.3 is 6.11 Å². The van der Waals surface area contributed by atoms with E-state index in [-0.39, 0.29) is 5.92 Å². The van der Waals surface area contributed by atoms with Crippen LogP contribution in [0.2, 0.25) is 0 Å². The average molecular weight is 459 g/mol. The summed E-state index contributed by atoms with van der Waals surface area (Å²) in [6.07, 6.45) is 4.47. The predicted octanol–water partition coefficient (Wildman–Crippen LogP) is 9.24. The van der Waals surface area contributed by atoms with Crippen LogP contribution in [0.25, 0.3) is 0 Å². The third-order valence-corrected chi connectivity index (χ3v) is 8.01. The molecule has 1 atom stereocenters. The first-order chi connectivity index (χ1) is 15.7. The molecule has 2 aliphatic carbocycles. The van der Waals surface area contributed by atoms with Crippen LogP contribution in [0, 0.1) is 17.7 Å². The molecule has 2 fully saturated rings. The van der Waals surface area contributed by atoms with E-state index in [2.05, 4.69) is 13.8 Å². The van der Waals surface area contributed by atoms with Crippen LogP contribution >= 0.6 is 0 Å². The standard InChI is InChI=1S/C29H37F3O/c1-19-4-8-23(9-5-19)24-14-12-22(13-15-24)21(3)33-29(31,32)27-17-16-26(18-28(27)30)25-10-6-20(2)7-11-25/h12-21,23,25H,4-11H2,1-3H3. The van der Waals surface area contributed by atoms with Crippen LogP contribution in [-0.4, -0.2) is 0 Å². The Hall–Kier alpha value is -1.81. The minimum atomic E-state index is -3.69. The number of hydrogen-bond donors (Lipinski definition) is 0. The van der Waals surface area contributed by atoms with Gasteiger partial charge in [-0.3, -0.25) is 0 Å². The average Bonchev–Trinajstić information content (AvgIpc) is 2.79. The van der Waals surface area contributed by atoms with E-state index in [1.807, 2.05) is 24.3 Å². The van der Waals surface area contributed by atoms with Crippen LogP contribution in [0.5, 0.6) is 0 Å². The SMILES string of the molecule is CC1CCC(c2ccc(C(C)OC(F)(F)c3ccc(C4CCC(C)CC4)cc3F)cc2)CC1. The quantitative estimate of drug-likeness (QED) is 0.419. The number of hydrogen-bond acceptors (Lipinski definition) is 1. The Bertz CT molecular complexity index is 907. The third-order valence-electron chi connectivity index (χ3n) is 8.01. The summed E-state index contributed by atoms with van der Waals surface area (Å²) in [5.41, 5.74) is 2.08. The highest BCUT2D eigenvalue weighted by atomic mass is 19.3. The van der Waals surface area contributed by atoms with Gasteiger partial charge in [0.05, 0.1) is 11.7 Å². The van der Waals surface area contributed by atoms with Gasteiger partial charge in [0, 0.05) is 0 Å². The van der Waals surface area contributed by atoms with Crippen LogP contribution in [0.15, 0.2) is 42.5 Å². The predicted molar refractivity (Wildman–Crippen MR) is 127 cm³/mol. The summed E-state index contributed by atoms with van der Waals surface area (Å²) < 4.78 is 49.7. The van der Waals surface area contributed by atoms with Gasteiger partial charge in [-0.15, -0.1) is 0 Å². The molecule has 0 aromatic heterocycles. The highest BCUT2D eigenvalue weighted by Crippen LogP contribution is 2.41. The fourth-order valence-corrected chi connectivity index (χ4v) is 5.60. The van der Waals surface area contributed by atoms with Gasteiger partial charge < -0.3 is 4.74 Å². The molecule has 0 bridgehead atoms. The second kappa shape index (κ2) is 10.2. The van der Waals surface area contributed by atoms with Crippen molar-refractivity contribution in [3.05, 3.63) is 70.5 Å². The van der Waals surface area contributed by atoms with Crippen LogP contribution in [0.3, 0.4) is 0 Å². The number of benzene rings is 2. The maximum absolute atomic E-state index is 14.9. The van der Waals surface area contributed by atoms with Gasteiger partial charge in [-0.05, 0) is 85.1 Å². The van der Waals surface area contributed by atoms with Gasteiger partial charge in [0.25, 0.3) is 0 Å². The molecular formula is C29H37F3O. The van der Waals surface area contributed by atoms with E-state index in [1.165, 1.54) is 43.4 Å². The summed E-state index contributed by atoms with van der Waals surface area (Å²) in [5, 5.41) is 0. The van der Waals surface area contributed by atoms with Crippen molar-refractivity contribution < 1.29 is 17.9 Å². The summed E-state index contributed by atoms with van der Waals surface area (Å²) in [5.74, 6) is 1.39. The van der Waals surface area contributed by atoms with E-state index in [1.54, 1.807) is 13.0 Å². The van der Waals surface area contributed by atoms with Crippen molar-refractivity contribution in [1.82, 2.24) is 0 Å². The van der Waals surface area contributed by atoms with Gasteiger partial charge in [-0.1, -0.05) is 69.9 Å². The zero-order valence-corrected chi connectivity index (χ0v) is 20.1. The maximum Gasteiger partial charge on any atom is 0.386 e. The molecule has 0 N–H and O–H groups in total. The molecule has 2 aliphatic rings. The number of alkyl halides is 2. The Kier molecular flexibility index (Phi) is 7.53. The van der Waals surface area contributed by atoms with Gasteiger partial charge in [-0.2, -0.15) is 8.78 Å². The lowest BCUT2D eigenvalue weighted by Crippen LogP contribution is -2.22. The molecule has 4 rings (SSSR count). The monoisotopic (exact) mass is 458 g/mol. The van der Waals surface area contributed by atoms with E-state index in [4.69, 9.17) is 4.74 Å². The number of rotatable bonds is 6. The normalized spacial score (nSPS) is 27.3. The van der Waals surface area contributed by atoms with Crippen molar-refractivity contribution >= 4 is 0 Å². The molecule has 2 aromatic carbocycles. The molecule has 0 amide bonds. The third kappa shape index (κ3) is 5.82. The molecular weight excluding hydrogens is 421 g/mol. The summed E-state index contributed by atoms with van der Waals surface area (Å²) in [4.78, 5) is 0. The van der Waals surface area contributed by atoms with E-state index in [9.17, 15) is 13.2 Å². The van der Waals surface area contributed by atoms with Gasteiger partial charge in [0.2, 0.25) is 0 Å². The summed E-state index contributed by atoms with van der Waals surface area (Å²) in [7, 11) is 0. The van der Waals surface area contributed by atoms with Crippen LogP contribution in [0.1, 0.15) is 112 Å². The number of halogens is 3. The first-order valence-corrected chi connectivity index (χ1v) is 12.7. The van der Waals surface area contributed by atoms with Crippen LogP contribution < -0.4 is 0 Å². The fraction of sp³-hybridized carbons (Fsp3) is 0.586. The molecule has 0 radical (unpaired) electrons. The van der Waals surface area contributed by atoms with Crippen molar-refractivity contribution in [3.63, 3.8) is 0 Å². The summed E-state index contributed by atoms with van der Waals surface area (Å²) in [6, 6.07) is 12.0. The van der Waals surface area contributed by atoms with Crippen molar-refractivity contribution in [2.75, 3.05) is 0 Å². The Labute approximate surface area is 196 Å². The largest absolute Gasteiger partial charge is 0.386 e. The van der Waals surface area contributed by atoms with E-state index < -0.39 is 23.6 Å². The molecule has 2 aromatic rings. The van der Waals surface area contributed by atoms with Crippen molar-refractivity contribution in [2.24, 2.45) is 11.8 Å². The molecule has 1 nitrogen and oxygen atoms in total. The smallest absolute Gasteiger partial charge is 0.309 e. The zero-order valence-electron chi connectivity index (χ0n) is 20.1. The Morgan fingerprint density at radius 1 is 0.758 bits per heavy atom. The lowest BCUT2D eigenvalue weighted by molar-refractivity contribution is -0.273. The molecule has 0 spiro atoms. The second-order valence-electron chi connectivity index (χ2n) is 10.6. The van der Waals surface area contributed by atoms with Crippen LogP contribution in [0.4, 0.5) is 13.2 Å². The molecule has 0 aliphatic heterocycles. The fourth-order valence-electron chi connectivity index (χ4n) is 5.60. The first kappa shape index (κ1) is 24.3. The Morgan fingerprint density at radius 3 is 1.76 bits per heavy atom. The molecule has 0 saturated heterocycles. The highest BCUT2D eigenvalue weighted by Gasteiger charge is 2.38. The van der Waals surface area contributed by atoms with Crippen molar-refractivity contribution in [3.8, 4) is 0 Å². The molecule has 4 heteroatoms. The highest BCUT2D eigenvalue weighted by molar-refractivity contribution is 5.30. The zero-order chi connectivity index (χ0) is 23.6. The van der Waals surface area contributed by atoms with E-state index in [0.29, 0.717) is 17.4 Å². The molecule has 2 saturated carbocycles. The van der Waals surface area contributed by atoms with Crippen molar-refractivity contribution in [2.45, 2.75) is 96.2 Å². The van der Waals surface area contributed by atoms with Crippen molar-refractivity contribution in [1.29, 1.82) is 0 Å². The Morgan fingerprint density at radius 2 is 1.24 bits per heavy atom. The first-order valence-electron chi connectivity index (χ1n) is 12.7. The van der Waals surface area contributed by atoms with Gasteiger partial charge in [0.15, 0.2) is 0 Å². The Balaban J connectivity index is 1.41. The number of ether oxygens (including phenoxy) is 1. The van der Waals surface area contributed by atoms with E-state index >= 15 is 0 Å². The second-order valence-corrected chi connectivity index (χ2v) is 10.6. The summed E-state index contributed by atoms with van der Waals surface area (Å²) in [6.45, 7) is 6.12. The summed E-state index contributed by atoms with van der Waals surface area (Å²) >= 11 is 0. The lowest BCUT2D eigenvalue weighted by atomic mass is 9.79. The van der Waals surface area contributed by atoms with E-state index in [0.717, 1.165) is 37.2 Å². The van der Waals surface area contributed by atoms with Crippen LogP contribution in [-0.2, 0) is 10.8 Å².